The largest absolute Gasteiger partial charge is 0.497 e. The highest BCUT2D eigenvalue weighted by Gasteiger charge is 2.19. The summed E-state index contributed by atoms with van der Waals surface area (Å²) in [6, 6.07) is 26.1. The van der Waals surface area contributed by atoms with Gasteiger partial charge in [0.05, 0.1) is 13.5 Å². The number of carbonyl (C=O) groups is 2. The van der Waals surface area contributed by atoms with Gasteiger partial charge in [0.1, 0.15) is 5.75 Å². The Bertz CT molecular complexity index is 885. The van der Waals surface area contributed by atoms with Gasteiger partial charge in [-0.25, -0.2) is 0 Å². The zero-order valence-corrected chi connectivity index (χ0v) is 16.2. The molecule has 0 radical (unpaired) electrons. The van der Waals surface area contributed by atoms with Crippen LogP contribution in [0.3, 0.4) is 0 Å². The number of carbonyl (C=O) groups excluding carboxylic acids is 2. The molecule has 0 atom stereocenters. The number of rotatable bonds is 8. The Morgan fingerprint density at radius 1 is 0.793 bits per heavy atom. The van der Waals surface area contributed by atoms with E-state index >= 15 is 0 Å². The lowest BCUT2D eigenvalue weighted by molar-refractivity contribution is -0.148. The molecule has 0 unspecified atom stereocenters. The molecule has 0 aliphatic rings. The third-order valence-electron chi connectivity index (χ3n) is 4.38. The molecule has 0 heterocycles. The van der Waals surface area contributed by atoms with Gasteiger partial charge in [0.25, 0.3) is 0 Å². The Morgan fingerprint density at radius 3 is 1.86 bits per heavy atom. The molecule has 5 heteroatoms. The summed E-state index contributed by atoms with van der Waals surface area (Å²) in [5, 5.41) is 2.76. The van der Waals surface area contributed by atoms with Gasteiger partial charge in [-0.2, -0.15) is 0 Å². The first-order valence-electron chi connectivity index (χ1n) is 9.39. The van der Waals surface area contributed by atoms with E-state index in [0.29, 0.717) is 11.4 Å². The van der Waals surface area contributed by atoms with Crippen molar-refractivity contribution in [2.45, 2.75) is 18.9 Å². The topological polar surface area (TPSA) is 64.6 Å². The van der Waals surface area contributed by atoms with Crippen LogP contribution in [0.25, 0.3) is 0 Å². The van der Waals surface area contributed by atoms with Crippen LogP contribution >= 0.6 is 0 Å². The van der Waals surface area contributed by atoms with E-state index in [-0.39, 0.29) is 18.7 Å². The minimum Gasteiger partial charge on any atom is -0.497 e. The van der Waals surface area contributed by atoms with E-state index in [1.54, 1.807) is 31.4 Å². The lowest BCUT2D eigenvalue weighted by Gasteiger charge is -2.19. The third kappa shape index (κ3) is 5.94. The maximum Gasteiger partial charge on any atom is 0.307 e. The summed E-state index contributed by atoms with van der Waals surface area (Å²) >= 11 is 0. The number of anilines is 1. The number of hydrogen-bond donors (Lipinski definition) is 1. The summed E-state index contributed by atoms with van der Waals surface area (Å²) in [6.07, 6.45) is -0.464. The first kappa shape index (κ1) is 20.1. The van der Waals surface area contributed by atoms with Gasteiger partial charge in [-0.15, -0.1) is 0 Å². The Labute approximate surface area is 170 Å². The van der Waals surface area contributed by atoms with Crippen molar-refractivity contribution in [1.29, 1.82) is 0 Å². The molecule has 0 aliphatic carbocycles. The third-order valence-corrected chi connectivity index (χ3v) is 4.38. The van der Waals surface area contributed by atoms with E-state index in [1.807, 2.05) is 60.7 Å². The van der Waals surface area contributed by atoms with Crippen LogP contribution in [0.5, 0.6) is 5.75 Å². The zero-order valence-electron chi connectivity index (χ0n) is 16.2. The van der Waals surface area contributed by atoms with Crippen molar-refractivity contribution in [2.24, 2.45) is 0 Å². The van der Waals surface area contributed by atoms with Gasteiger partial charge in [0.15, 0.2) is 6.10 Å². The molecule has 3 rings (SSSR count). The van der Waals surface area contributed by atoms with Crippen molar-refractivity contribution in [2.75, 3.05) is 12.4 Å². The molecule has 0 saturated carbocycles. The van der Waals surface area contributed by atoms with Gasteiger partial charge in [0, 0.05) is 12.1 Å². The Morgan fingerprint density at radius 2 is 1.34 bits per heavy atom. The highest BCUT2D eigenvalue weighted by atomic mass is 16.5. The number of hydrogen-bond acceptors (Lipinski definition) is 4. The first-order chi connectivity index (χ1) is 14.2. The van der Waals surface area contributed by atoms with Gasteiger partial charge in [-0.3, -0.25) is 9.59 Å². The molecule has 3 aromatic rings. The normalized spacial score (nSPS) is 10.4. The van der Waals surface area contributed by atoms with E-state index in [4.69, 9.17) is 9.47 Å². The van der Waals surface area contributed by atoms with Crippen molar-refractivity contribution in [1.82, 2.24) is 0 Å². The molecule has 0 saturated heterocycles. The highest BCUT2D eigenvalue weighted by Crippen LogP contribution is 2.26. The van der Waals surface area contributed by atoms with E-state index in [1.165, 1.54) is 0 Å². The number of amides is 1. The standard InChI is InChI=1S/C24H23NO4/c1-28-21-14-12-20(13-15-21)25-22(26)16-17-23(27)29-24(18-8-4-2-5-9-18)19-10-6-3-7-11-19/h2-15,24H,16-17H2,1H3,(H,25,26). The van der Waals surface area contributed by atoms with E-state index in [9.17, 15) is 9.59 Å². The molecule has 5 nitrogen and oxygen atoms in total. The minimum absolute atomic E-state index is 0.00183. The van der Waals surface area contributed by atoms with E-state index < -0.39 is 12.1 Å². The van der Waals surface area contributed by atoms with Gasteiger partial charge in [0.2, 0.25) is 5.91 Å². The molecule has 0 aliphatic heterocycles. The second kappa shape index (κ2) is 10.1. The molecule has 1 N–H and O–H groups in total. The fraction of sp³-hybridized carbons (Fsp3) is 0.167. The van der Waals surface area contributed by atoms with Crippen LogP contribution in [0.1, 0.15) is 30.1 Å². The molecular weight excluding hydrogens is 366 g/mol. The number of ether oxygens (including phenoxy) is 2. The summed E-state index contributed by atoms with van der Waals surface area (Å²) in [4.78, 5) is 24.6. The summed E-state index contributed by atoms with van der Waals surface area (Å²) in [5.41, 5.74) is 2.42. The second-order valence-electron chi connectivity index (χ2n) is 6.47. The molecule has 148 valence electrons. The monoisotopic (exact) mass is 389 g/mol. The molecule has 3 aromatic carbocycles. The number of benzene rings is 3. The second-order valence-corrected chi connectivity index (χ2v) is 6.47. The van der Waals surface area contributed by atoms with Crippen molar-refractivity contribution in [3.05, 3.63) is 96.1 Å². The highest BCUT2D eigenvalue weighted by molar-refractivity contribution is 5.92. The first-order valence-corrected chi connectivity index (χ1v) is 9.39. The fourth-order valence-corrected chi connectivity index (χ4v) is 2.89. The Balaban J connectivity index is 1.58. The van der Waals surface area contributed by atoms with Crippen LogP contribution in [0.4, 0.5) is 5.69 Å². The lowest BCUT2D eigenvalue weighted by Crippen LogP contribution is -2.17. The number of esters is 1. The summed E-state index contributed by atoms with van der Waals surface area (Å²) in [5.74, 6) is 0.0371. The molecule has 0 bridgehead atoms. The van der Waals surface area contributed by atoms with Crippen molar-refractivity contribution >= 4 is 17.6 Å². The maximum atomic E-state index is 12.4. The van der Waals surface area contributed by atoms with Crippen LogP contribution in [0.15, 0.2) is 84.9 Å². The molecule has 1 amide bonds. The summed E-state index contributed by atoms with van der Waals surface area (Å²) in [6.45, 7) is 0. The average Bonchev–Trinajstić information content (AvgIpc) is 2.78. The number of nitrogens with one attached hydrogen (secondary N) is 1. The van der Waals surface area contributed by atoms with Crippen molar-refractivity contribution < 1.29 is 19.1 Å². The molecular formula is C24H23NO4. The Hall–Kier alpha value is -3.60. The number of methoxy groups -OCH3 is 1. The van der Waals surface area contributed by atoms with Crippen molar-refractivity contribution in [3.63, 3.8) is 0 Å². The van der Waals surface area contributed by atoms with Gasteiger partial charge in [-0.05, 0) is 35.4 Å². The van der Waals surface area contributed by atoms with Crippen LogP contribution in [-0.2, 0) is 14.3 Å². The van der Waals surface area contributed by atoms with Gasteiger partial charge in [-0.1, -0.05) is 60.7 Å². The molecule has 0 fully saturated rings. The van der Waals surface area contributed by atoms with E-state index in [2.05, 4.69) is 5.32 Å². The SMILES string of the molecule is COc1ccc(NC(=O)CCC(=O)OC(c2ccccc2)c2ccccc2)cc1. The minimum atomic E-state index is -0.505. The summed E-state index contributed by atoms with van der Waals surface area (Å²) in [7, 11) is 1.58. The molecule has 0 aromatic heterocycles. The van der Waals surface area contributed by atoms with Crippen LogP contribution < -0.4 is 10.1 Å². The van der Waals surface area contributed by atoms with Crippen LogP contribution in [0, 0.1) is 0 Å². The summed E-state index contributed by atoms with van der Waals surface area (Å²) < 4.78 is 10.8. The predicted octanol–water partition coefficient (Wildman–Crippen LogP) is 4.75. The smallest absolute Gasteiger partial charge is 0.307 e. The maximum absolute atomic E-state index is 12.4. The lowest BCUT2D eigenvalue weighted by atomic mass is 10.0. The zero-order chi connectivity index (χ0) is 20.5. The van der Waals surface area contributed by atoms with Crippen LogP contribution in [-0.4, -0.2) is 19.0 Å². The van der Waals surface area contributed by atoms with Gasteiger partial charge < -0.3 is 14.8 Å². The fourth-order valence-electron chi connectivity index (χ4n) is 2.89. The quantitative estimate of drug-likeness (QED) is 0.565. The molecule has 0 spiro atoms. The van der Waals surface area contributed by atoms with Crippen LogP contribution in [0.2, 0.25) is 0 Å². The van der Waals surface area contributed by atoms with Gasteiger partial charge >= 0.3 is 5.97 Å². The molecule has 29 heavy (non-hydrogen) atoms. The average molecular weight is 389 g/mol. The predicted molar refractivity (Wildman–Crippen MR) is 112 cm³/mol. The van der Waals surface area contributed by atoms with E-state index in [0.717, 1.165) is 11.1 Å². The van der Waals surface area contributed by atoms with Crippen molar-refractivity contribution in [3.8, 4) is 5.75 Å². The Kier molecular flexibility index (Phi) is 7.00.